The quantitative estimate of drug-likeness (QED) is 0.811. The SMILES string of the molecule is CCCNC(CCN1CCCCC1)c1ccc(C)cc1. The molecular weight excluding hydrogens is 244 g/mol. The van der Waals surface area contributed by atoms with Crippen LogP contribution in [0.25, 0.3) is 0 Å². The first kappa shape index (κ1) is 15.5. The molecule has 0 spiro atoms. The fraction of sp³-hybridized carbons (Fsp3) is 0.667. The second kappa shape index (κ2) is 8.43. The molecule has 0 radical (unpaired) electrons. The van der Waals surface area contributed by atoms with Crippen LogP contribution >= 0.6 is 0 Å². The molecule has 0 saturated carbocycles. The van der Waals surface area contributed by atoms with Gasteiger partial charge in [-0.25, -0.2) is 0 Å². The van der Waals surface area contributed by atoms with Crippen LogP contribution in [0.3, 0.4) is 0 Å². The van der Waals surface area contributed by atoms with Crippen molar-refractivity contribution in [1.29, 1.82) is 0 Å². The van der Waals surface area contributed by atoms with Crippen LogP contribution in [0, 0.1) is 6.92 Å². The highest BCUT2D eigenvalue weighted by Crippen LogP contribution is 2.19. The van der Waals surface area contributed by atoms with E-state index in [2.05, 4.69) is 48.3 Å². The first-order valence-electron chi connectivity index (χ1n) is 8.32. The third kappa shape index (κ3) is 4.92. The molecule has 1 aromatic rings. The highest BCUT2D eigenvalue weighted by atomic mass is 15.1. The molecule has 1 aromatic carbocycles. The Hall–Kier alpha value is -0.860. The Morgan fingerprint density at radius 1 is 1.10 bits per heavy atom. The molecule has 112 valence electrons. The van der Waals surface area contributed by atoms with Gasteiger partial charge in [-0.3, -0.25) is 0 Å². The topological polar surface area (TPSA) is 15.3 Å². The minimum absolute atomic E-state index is 0.512. The first-order chi connectivity index (χ1) is 9.79. The Morgan fingerprint density at radius 2 is 1.80 bits per heavy atom. The Bertz CT molecular complexity index is 366. The summed E-state index contributed by atoms with van der Waals surface area (Å²) in [5.74, 6) is 0. The highest BCUT2D eigenvalue weighted by molar-refractivity contribution is 5.24. The monoisotopic (exact) mass is 274 g/mol. The average molecular weight is 274 g/mol. The number of nitrogens with zero attached hydrogens (tertiary/aromatic N) is 1. The summed E-state index contributed by atoms with van der Waals surface area (Å²) < 4.78 is 0. The molecule has 1 unspecified atom stereocenters. The van der Waals surface area contributed by atoms with Gasteiger partial charge in [-0.15, -0.1) is 0 Å². The van der Waals surface area contributed by atoms with Gasteiger partial charge in [0.1, 0.15) is 0 Å². The van der Waals surface area contributed by atoms with Crippen molar-refractivity contribution in [2.24, 2.45) is 0 Å². The van der Waals surface area contributed by atoms with E-state index in [1.807, 2.05) is 0 Å². The lowest BCUT2D eigenvalue weighted by Gasteiger charge is -2.29. The Balaban J connectivity index is 1.90. The van der Waals surface area contributed by atoms with E-state index in [-0.39, 0.29) is 0 Å². The summed E-state index contributed by atoms with van der Waals surface area (Å²) in [6.07, 6.45) is 6.62. The predicted octanol–water partition coefficient (Wildman–Crippen LogP) is 3.91. The molecule has 1 saturated heterocycles. The number of aryl methyl sites for hydroxylation is 1. The first-order valence-corrected chi connectivity index (χ1v) is 8.32. The van der Waals surface area contributed by atoms with Crippen molar-refractivity contribution >= 4 is 0 Å². The predicted molar refractivity (Wildman–Crippen MR) is 87.1 cm³/mol. The smallest absolute Gasteiger partial charge is 0.0332 e. The van der Waals surface area contributed by atoms with Crippen molar-refractivity contribution in [2.45, 2.75) is 52.0 Å². The number of nitrogens with one attached hydrogen (secondary N) is 1. The molecule has 1 heterocycles. The van der Waals surface area contributed by atoms with E-state index in [0.717, 1.165) is 6.54 Å². The van der Waals surface area contributed by atoms with Gasteiger partial charge in [0.2, 0.25) is 0 Å². The normalized spacial score (nSPS) is 18.1. The molecule has 2 rings (SSSR count). The van der Waals surface area contributed by atoms with E-state index < -0.39 is 0 Å². The highest BCUT2D eigenvalue weighted by Gasteiger charge is 2.14. The molecule has 20 heavy (non-hydrogen) atoms. The zero-order valence-electron chi connectivity index (χ0n) is 13.2. The van der Waals surface area contributed by atoms with Crippen molar-refractivity contribution in [3.05, 3.63) is 35.4 Å². The number of likely N-dealkylation sites (tertiary alicyclic amines) is 1. The summed E-state index contributed by atoms with van der Waals surface area (Å²) >= 11 is 0. The van der Waals surface area contributed by atoms with E-state index >= 15 is 0 Å². The van der Waals surface area contributed by atoms with E-state index in [1.54, 1.807) is 0 Å². The molecule has 0 aromatic heterocycles. The summed E-state index contributed by atoms with van der Waals surface area (Å²) in [6.45, 7) is 9.34. The van der Waals surface area contributed by atoms with Crippen molar-refractivity contribution in [3.8, 4) is 0 Å². The summed E-state index contributed by atoms with van der Waals surface area (Å²) in [6, 6.07) is 9.56. The molecule has 1 N–H and O–H groups in total. The number of hydrogen-bond donors (Lipinski definition) is 1. The van der Waals surface area contributed by atoms with Gasteiger partial charge in [0.25, 0.3) is 0 Å². The standard InChI is InChI=1S/C18H30N2/c1-3-12-19-18(17-9-7-16(2)8-10-17)11-15-20-13-5-4-6-14-20/h7-10,18-19H,3-6,11-15H2,1-2H3. The third-order valence-corrected chi connectivity index (χ3v) is 4.30. The Morgan fingerprint density at radius 3 is 2.45 bits per heavy atom. The lowest BCUT2D eigenvalue weighted by Crippen LogP contribution is -2.33. The van der Waals surface area contributed by atoms with Crippen molar-refractivity contribution in [3.63, 3.8) is 0 Å². The second-order valence-electron chi connectivity index (χ2n) is 6.11. The molecule has 0 bridgehead atoms. The number of piperidine rings is 1. The number of hydrogen-bond acceptors (Lipinski definition) is 2. The van der Waals surface area contributed by atoms with Crippen LogP contribution in [0.4, 0.5) is 0 Å². The Kier molecular flexibility index (Phi) is 6.55. The maximum absolute atomic E-state index is 3.72. The molecule has 2 heteroatoms. The van der Waals surface area contributed by atoms with Gasteiger partial charge in [0.15, 0.2) is 0 Å². The van der Waals surface area contributed by atoms with Crippen molar-refractivity contribution in [1.82, 2.24) is 10.2 Å². The van der Waals surface area contributed by atoms with Crippen LogP contribution in [0.5, 0.6) is 0 Å². The minimum Gasteiger partial charge on any atom is -0.310 e. The van der Waals surface area contributed by atoms with Gasteiger partial charge in [-0.1, -0.05) is 43.2 Å². The van der Waals surface area contributed by atoms with Crippen molar-refractivity contribution in [2.75, 3.05) is 26.2 Å². The van der Waals surface area contributed by atoms with Crippen LogP contribution in [0.2, 0.25) is 0 Å². The summed E-state index contributed by atoms with van der Waals surface area (Å²) in [7, 11) is 0. The van der Waals surface area contributed by atoms with E-state index in [4.69, 9.17) is 0 Å². The largest absolute Gasteiger partial charge is 0.310 e. The zero-order valence-corrected chi connectivity index (χ0v) is 13.2. The average Bonchev–Trinajstić information content (AvgIpc) is 2.50. The van der Waals surface area contributed by atoms with E-state index in [1.165, 1.54) is 62.9 Å². The van der Waals surface area contributed by atoms with Gasteiger partial charge in [0, 0.05) is 6.04 Å². The van der Waals surface area contributed by atoms with Gasteiger partial charge in [-0.05, 0) is 64.3 Å². The second-order valence-corrected chi connectivity index (χ2v) is 6.11. The van der Waals surface area contributed by atoms with Crippen LogP contribution in [-0.2, 0) is 0 Å². The summed E-state index contributed by atoms with van der Waals surface area (Å²) in [5, 5.41) is 3.72. The molecular formula is C18H30N2. The molecule has 1 fully saturated rings. The van der Waals surface area contributed by atoms with Crippen molar-refractivity contribution < 1.29 is 0 Å². The van der Waals surface area contributed by atoms with Gasteiger partial charge in [0.05, 0.1) is 0 Å². The van der Waals surface area contributed by atoms with Gasteiger partial charge < -0.3 is 10.2 Å². The molecule has 1 aliphatic heterocycles. The number of rotatable bonds is 7. The van der Waals surface area contributed by atoms with E-state index in [9.17, 15) is 0 Å². The van der Waals surface area contributed by atoms with E-state index in [0.29, 0.717) is 6.04 Å². The van der Waals surface area contributed by atoms with Crippen LogP contribution in [0.15, 0.2) is 24.3 Å². The third-order valence-electron chi connectivity index (χ3n) is 4.30. The molecule has 1 aliphatic rings. The van der Waals surface area contributed by atoms with Crippen LogP contribution in [0.1, 0.15) is 56.2 Å². The van der Waals surface area contributed by atoms with Gasteiger partial charge in [-0.2, -0.15) is 0 Å². The maximum Gasteiger partial charge on any atom is 0.0332 e. The molecule has 0 aliphatic carbocycles. The lowest BCUT2D eigenvalue weighted by atomic mass is 10.0. The fourth-order valence-electron chi connectivity index (χ4n) is 3.00. The van der Waals surface area contributed by atoms with Gasteiger partial charge >= 0.3 is 0 Å². The van der Waals surface area contributed by atoms with Crippen LogP contribution in [-0.4, -0.2) is 31.1 Å². The number of benzene rings is 1. The maximum atomic E-state index is 3.72. The van der Waals surface area contributed by atoms with Crippen LogP contribution < -0.4 is 5.32 Å². The zero-order chi connectivity index (χ0) is 14.2. The minimum atomic E-state index is 0.512. The summed E-state index contributed by atoms with van der Waals surface area (Å²) in [5.41, 5.74) is 2.79. The Labute approximate surface area is 124 Å². The molecule has 1 atom stereocenters. The lowest BCUT2D eigenvalue weighted by molar-refractivity contribution is 0.217. The molecule has 2 nitrogen and oxygen atoms in total. The summed E-state index contributed by atoms with van der Waals surface area (Å²) in [4.78, 5) is 2.64. The molecule has 0 amide bonds. The fourth-order valence-corrected chi connectivity index (χ4v) is 3.00.